The Labute approximate surface area is 269 Å². The fourth-order valence-corrected chi connectivity index (χ4v) is 12.3. The Kier molecular flexibility index (Phi) is 7.69. The highest BCUT2D eigenvalue weighted by atomic mass is 16.6. The van der Waals surface area contributed by atoms with Crippen LogP contribution in [0.5, 0.6) is 0 Å². The molecule has 7 bridgehead atoms. The van der Waals surface area contributed by atoms with Gasteiger partial charge >= 0.3 is 11.9 Å². The lowest BCUT2D eigenvalue weighted by Crippen LogP contribution is -2.81. The van der Waals surface area contributed by atoms with Crippen molar-refractivity contribution in [3.8, 4) is 0 Å². The number of likely N-dealkylation sites (tertiary alicyclic amines) is 1. The van der Waals surface area contributed by atoms with Crippen molar-refractivity contribution in [2.24, 2.45) is 34.5 Å². The zero-order valence-corrected chi connectivity index (χ0v) is 27.3. The van der Waals surface area contributed by atoms with E-state index in [-0.39, 0.29) is 25.0 Å². The Balaban J connectivity index is 1.53. The zero-order valence-electron chi connectivity index (χ0n) is 27.3. The molecule has 12 heteroatoms. The third kappa shape index (κ3) is 3.62. The fourth-order valence-electron chi connectivity index (χ4n) is 12.3. The molecule has 1 heterocycles. The van der Waals surface area contributed by atoms with Crippen LogP contribution >= 0.6 is 0 Å². The van der Waals surface area contributed by atoms with E-state index in [1.807, 2.05) is 6.92 Å². The zero-order chi connectivity index (χ0) is 33.0. The lowest BCUT2D eigenvalue weighted by atomic mass is 9.42. The van der Waals surface area contributed by atoms with Gasteiger partial charge in [0.15, 0.2) is 5.60 Å². The highest BCUT2D eigenvalue weighted by Crippen LogP contribution is 2.80. The van der Waals surface area contributed by atoms with Gasteiger partial charge in [0.1, 0.15) is 23.9 Å². The lowest BCUT2D eigenvalue weighted by Gasteiger charge is -2.70. The summed E-state index contributed by atoms with van der Waals surface area (Å²) >= 11 is 0. The van der Waals surface area contributed by atoms with E-state index in [9.17, 15) is 24.9 Å². The van der Waals surface area contributed by atoms with Crippen LogP contribution in [0.15, 0.2) is 30.3 Å². The molecule has 1 saturated heterocycles. The smallest absolute Gasteiger partial charge is 0.338 e. The van der Waals surface area contributed by atoms with Crippen molar-refractivity contribution in [3.05, 3.63) is 35.9 Å². The summed E-state index contributed by atoms with van der Waals surface area (Å²) in [5.74, 6) is -3.65. The third-order valence-corrected chi connectivity index (χ3v) is 13.2. The Hall–Kier alpha value is -2.16. The van der Waals surface area contributed by atoms with Crippen LogP contribution < -0.4 is 0 Å². The minimum atomic E-state index is -1.83. The Morgan fingerprint density at radius 3 is 2.30 bits per heavy atom. The second-order valence-electron chi connectivity index (χ2n) is 14.4. The molecule has 1 unspecified atom stereocenters. The second-order valence-corrected chi connectivity index (χ2v) is 14.4. The van der Waals surface area contributed by atoms with Crippen LogP contribution in [0.4, 0.5) is 0 Å². The number of benzene rings is 1. The second kappa shape index (κ2) is 10.9. The molecule has 0 aromatic heterocycles. The number of hydrogen-bond acceptors (Lipinski definition) is 12. The van der Waals surface area contributed by atoms with E-state index in [0.717, 1.165) is 0 Å². The molecule has 12 nitrogen and oxygen atoms in total. The Bertz CT molecular complexity index is 1360. The molecule has 254 valence electrons. The first-order valence-corrected chi connectivity index (χ1v) is 16.3. The van der Waals surface area contributed by atoms with Gasteiger partial charge in [0.2, 0.25) is 0 Å². The van der Waals surface area contributed by atoms with E-state index in [1.54, 1.807) is 51.7 Å². The summed E-state index contributed by atoms with van der Waals surface area (Å²) in [7, 11) is 6.27. The quantitative estimate of drug-likeness (QED) is 0.323. The Morgan fingerprint density at radius 1 is 1.00 bits per heavy atom. The summed E-state index contributed by atoms with van der Waals surface area (Å²) in [5, 5.41) is 37.3. The van der Waals surface area contributed by atoms with Gasteiger partial charge in [-0.1, -0.05) is 25.1 Å². The van der Waals surface area contributed by atoms with Gasteiger partial charge in [0.25, 0.3) is 0 Å². The Morgan fingerprint density at radius 2 is 1.72 bits per heavy atom. The molecule has 46 heavy (non-hydrogen) atoms. The first-order valence-electron chi connectivity index (χ1n) is 16.3. The minimum absolute atomic E-state index is 0.0791. The average molecular weight is 646 g/mol. The molecule has 1 aliphatic heterocycles. The predicted molar refractivity (Wildman–Crippen MR) is 160 cm³/mol. The predicted octanol–water partition coefficient (Wildman–Crippen LogP) is 0.648. The van der Waals surface area contributed by atoms with Gasteiger partial charge < -0.3 is 43.7 Å². The van der Waals surface area contributed by atoms with Crippen molar-refractivity contribution in [3.63, 3.8) is 0 Å². The molecule has 5 aliphatic carbocycles. The number of ether oxygens (including phenoxy) is 6. The molecule has 7 rings (SSSR count). The highest BCUT2D eigenvalue weighted by molar-refractivity contribution is 5.89. The lowest BCUT2D eigenvalue weighted by molar-refractivity contribution is -0.322. The third-order valence-electron chi connectivity index (χ3n) is 13.2. The summed E-state index contributed by atoms with van der Waals surface area (Å²) in [4.78, 5) is 29.3. The molecule has 5 saturated carbocycles. The van der Waals surface area contributed by atoms with E-state index in [1.165, 1.54) is 14.0 Å². The number of aliphatic hydroxyl groups is 3. The van der Waals surface area contributed by atoms with Crippen molar-refractivity contribution in [1.29, 1.82) is 0 Å². The first kappa shape index (κ1) is 32.4. The van der Waals surface area contributed by atoms with Gasteiger partial charge in [0.05, 0.1) is 30.5 Å². The molecule has 1 aromatic carbocycles. The van der Waals surface area contributed by atoms with Crippen molar-refractivity contribution in [2.45, 2.75) is 80.6 Å². The number of nitrogens with zero attached hydrogens (tertiary/aromatic N) is 1. The van der Waals surface area contributed by atoms with Gasteiger partial charge in [-0.3, -0.25) is 9.69 Å². The standard InChI is InChI=1S/C34H47NO11/c1-7-35-15-31(16-41-3)20(37)13-21(42-4)33-19-14-32(40)28(45-30(39)18-11-9-8-10-12-18)22(19)34(46-17(2)36,27(38)29(32)44-6)23(26(33)35)24(43-5)25(31)33/h8-12,19-29,37-38,40H,7,13-16H2,1-6H3/t19-,20-,21+,22+,23-,24-,25+,26+,27+,28-,29-,31-,32+,33?,34-/m0/s1. The maximum absolute atomic E-state index is 13.8. The van der Waals surface area contributed by atoms with E-state index in [2.05, 4.69) is 4.90 Å². The number of carbonyl (C=O) groups excluding carboxylic acids is 2. The summed E-state index contributed by atoms with van der Waals surface area (Å²) in [5.41, 5.74) is -4.79. The van der Waals surface area contributed by atoms with Crippen molar-refractivity contribution >= 4 is 11.9 Å². The number of carbonyl (C=O) groups is 2. The van der Waals surface area contributed by atoms with E-state index < -0.39 is 88.3 Å². The molecule has 0 amide bonds. The van der Waals surface area contributed by atoms with Crippen LogP contribution in [0.25, 0.3) is 0 Å². The molecule has 6 fully saturated rings. The molecule has 3 N–H and O–H groups in total. The van der Waals surface area contributed by atoms with Crippen LogP contribution in [0.3, 0.4) is 0 Å². The van der Waals surface area contributed by atoms with Gasteiger partial charge in [-0.25, -0.2) is 4.79 Å². The summed E-state index contributed by atoms with van der Waals surface area (Å²) in [6.45, 7) is 4.68. The van der Waals surface area contributed by atoms with Gasteiger partial charge in [0, 0.05) is 83.0 Å². The molecule has 0 radical (unpaired) electrons. The van der Waals surface area contributed by atoms with E-state index in [0.29, 0.717) is 25.1 Å². The highest BCUT2D eigenvalue weighted by Gasteiger charge is 2.92. The number of aliphatic hydroxyl groups excluding tert-OH is 2. The monoisotopic (exact) mass is 645 g/mol. The van der Waals surface area contributed by atoms with Crippen LogP contribution in [0.1, 0.15) is 37.0 Å². The molecular formula is C34H47NO11. The van der Waals surface area contributed by atoms with Crippen molar-refractivity contribution < 1.29 is 53.3 Å². The normalized spacial score (nSPS) is 49.9. The number of fused-ring (bicyclic) bond motifs is 2. The van der Waals surface area contributed by atoms with Gasteiger partial charge in [-0.2, -0.15) is 0 Å². The largest absolute Gasteiger partial charge is 0.455 e. The summed E-state index contributed by atoms with van der Waals surface area (Å²) < 4.78 is 37.4. The maximum atomic E-state index is 13.8. The van der Waals surface area contributed by atoms with E-state index >= 15 is 0 Å². The topological polar surface area (TPSA) is 153 Å². The number of rotatable bonds is 9. The molecular weight excluding hydrogens is 598 g/mol. The SMILES string of the molecule is CCN1C[C@]2(COC)[C@@H](O)C[C@@H](OC)C34[C@H]5C[C@@]6(O)[C@@H](OC(=O)c7ccccc7)[C@@H]5[C@](OC(C)=O)([C@@H]([C@H](OC)[C@@H]32)[C@@H]14)[C@H](O)[C@@H]6OC. The minimum Gasteiger partial charge on any atom is -0.455 e. The fraction of sp³-hybridized carbons (Fsp3) is 0.765. The van der Waals surface area contributed by atoms with Gasteiger partial charge in [-0.05, 0) is 31.0 Å². The number of esters is 2. The molecule has 15 atom stereocenters. The van der Waals surface area contributed by atoms with Crippen molar-refractivity contribution in [1.82, 2.24) is 4.90 Å². The number of piperidine rings is 1. The van der Waals surface area contributed by atoms with Crippen LogP contribution in [0.2, 0.25) is 0 Å². The van der Waals surface area contributed by atoms with Crippen LogP contribution in [0, 0.1) is 34.5 Å². The number of methoxy groups -OCH3 is 4. The van der Waals surface area contributed by atoms with Gasteiger partial charge in [-0.15, -0.1) is 0 Å². The van der Waals surface area contributed by atoms with Crippen molar-refractivity contribution in [2.75, 3.05) is 48.1 Å². The first-order chi connectivity index (χ1) is 22.0. The number of hydrogen-bond donors (Lipinski definition) is 3. The van der Waals surface area contributed by atoms with Crippen LogP contribution in [-0.4, -0.2) is 134 Å². The molecule has 1 aromatic rings. The maximum Gasteiger partial charge on any atom is 0.338 e. The summed E-state index contributed by atoms with van der Waals surface area (Å²) in [6.07, 6.45) is -5.49. The summed E-state index contributed by atoms with van der Waals surface area (Å²) in [6, 6.07) is 8.18. The molecule has 6 aliphatic rings. The van der Waals surface area contributed by atoms with Crippen LogP contribution in [-0.2, 0) is 33.2 Å². The van der Waals surface area contributed by atoms with E-state index in [4.69, 9.17) is 28.4 Å². The molecule has 1 spiro atoms. The average Bonchev–Trinajstić information content (AvgIpc) is 3.41.